The normalized spacial score (nSPS) is 11.9. The Morgan fingerprint density at radius 3 is 0.925 bits per heavy atom. The van der Waals surface area contributed by atoms with Gasteiger partial charge in [-0.05, 0) is 179 Å². The summed E-state index contributed by atoms with van der Waals surface area (Å²) in [6.07, 6.45) is 34.1. The maximum Gasteiger partial charge on any atom is 0.0481 e. The zero-order valence-corrected chi connectivity index (χ0v) is 54.0. The van der Waals surface area contributed by atoms with Gasteiger partial charge in [0.25, 0.3) is 0 Å². The molecule has 0 saturated heterocycles. The number of thiophene rings is 8. The average Bonchev–Trinajstić information content (AvgIpc) is 4.37. The molecule has 0 nitrogen and oxygen atoms in total. The zero-order valence-electron chi connectivity index (χ0n) is 47.4. The van der Waals surface area contributed by atoms with E-state index in [0.717, 1.165) is 12.8 Å². The molecular weight excluding hydrogens is 1120 g/mol. The first-order valence-corrected chi connectivity index (χ1v) is 36.5. The van der Waals surface area contributed by atoms with Crippen molar-refractivity contribution in [2.24, 2.45) is 0 Å². The average molecular weight is 1200 g/mol. The Kier molecular flexibility index (Phi) is 22.1. The molecule has 414 valence electrons. The van der Waals surface area contributed by atoms with E-state index in [4.69, 9.17) is 0 Å². The van der Waals surface area contributed by atoms with Crippen LogP contribution in [0.2, 0.25) is 0 Å². The van der Waals surface area contributed by atoms with Crippen molar-refractivity contribution in [3.05, 3.63) is 178 Å². The van der Waals surface area contributed by atoms with Gasteiger partial charge in [-0.25, -0.2) is 0 Å². The third kappa shape index (κ3) is 15.4. The smallest absolute Gasteiger partial charge is 0.0481 e. The number of rotatable bonds is 31. The van der Waals surface area contributed by atoms with E-state index in [2.05, 4.69) is 184 Å². The van der Waals surface area contributed by atoms with Crippen molar-refractivity contribution in [2.75, 3.05) is 0 Å². The van der Waals surface area contributed by atoms with E-state index in [1.807, 2.05) is 90.7 Å². The second-order valence-electron chi connectivity index (χ2n) is 21.3. The Labute approximate surface area is 511 Å². The molecule has 0 fully saturated rings. The molecule has 10 rings (SSSR count). The van der Waals surface area contributed by atoms with Gasteiger partial charge in [0.05, 0.1) is 0 Å². The van der Waals surface area contributed by atoms with Gasteiger partial charge in [0.15, 0.2) is 0 Å². The first kappa shape index (κ1) is 58.7. The molecule has 2 aromatic carbocycles. The molecule has 0 atom stereocenters. The second kappa shape index (κ2) is 30.2. The number of allylic oxidation sites excluding steroid dienone is 2. The van der Waals surface area contributed by atoms with Crippen LogP contribution in [0.3, 0.4) is 0 Å². The molecule has 0 unspecified atom stereocenters. The summed E-state index contributed by atoms with van der Waals surface area (Å²) in [6, 6.07) is 47.0. The number of hydrogen-bond donors (Lipinski definition) is 0. The van der Waals surface area contributed by atoms with Crippen LogP contribution in [0.25, 0.3) is 91.6 Å². The minimum atomic E-state index is 1.14. The van der Waals surface area contributed by atoms with Crippen LogP contribution in [0, 0.1) is 0 Å². The van der Waals surface area contributed by atoms with Crippen LogP contribution in [-0.2, 0) is 25.7 Å². The highest BCUT2D eigenvalue weighted by molar-refractivity contribution is 7.30. The van der Waals surface area contributed by atoms with Gasteiger partial charge in [-0.3, -0.25) is 0 Å². The Morgan fingerprint density at radius 1 is 0.275 bits per heavy atom. The molecule has 0 amide bonds. The molecule has 0 bridgehead atoms. The van der Waals surface area contributed by atoms with Gasteiger partial charge in [0.1, 0.15) is 0 Å². The van der Waals surface area contributed by atoms with Gasteiger partial charge in [-0.1, -0.05) is 178 Å². The first-order valence-electron chi connectivity index (χ1n) is 29.8. The fourth-order valence-electron chi connectivity index (χ4n) is 10.6. The summed E-state index contributed by atoms with van der Waals surface area (Å²) in [5.41, 5.74) is 11.1. The lowest BCUT2D eigenvalue weighted by Gasteiger charge is -2.02. The van der Waals surface area contributed by atoms with Gasteiger partial charge < -0.3 is 0 Å². The molecule has 0 aliphatic carbocycles. The van der Waals surface area contributed by atoms with Crippen LogP contribution in [0.5, 0.6) is 0 Å². The van der Waals surface area contributed by atoms with Crippen molar-refractivity contribution >= 4 is 103 Å². The third-order valence-corrected chi connectivity index (χ3v) is 25.0. The summed E-state index contributed by atoms with van der Waals surface area (Å²) in [6.45, 7) is 9.20. The van der Waals surface area contributed by atoms with Crippen molar-refractivity contribution in [3.8, 4) is 79.4 Å². The monoisotopic (exact) mass is 1200 g/mol. The molecule has 0 spiro atoms. The van der Waals surface area contributed by atoms with Gasteiger partial charge in [0.2, 0.25) is 0 Å². The second-order valence-corrected chi connectivity index (χ2v) is 29.6. The van der Waals surface area contributed by atoms with E-state index in [0.29, 0.717) is 0 Å². The van der Waals surface area contributed by atoms with Crippen LogP contribution in [-0.4, -0.2) is 0 Å². The molecule has 0 aliphatic rings. The van der Waals surface area contributed by atoms with Gasteiger partial charge in [0, 0.05) is 68.3 Å². The van der Waals surface area contributed by atoms with Crippen molar-refractivity contribution in [1.82, 2.24) is 0 Å². The standard InChI is InChI=1S/C72H78S8/c1-5-9-13-17-25-55-45-47-73-69(55)63-41-37-59(75-63)61-39-43-65(77-61)71-57(27-19-15-11-7-3)49-67(79-71)53-33-29-51(30-34-53)23-21-22-24-52-31-35-54(36-32-52)68-50-58(28-20-16-12-8-4)72(80-68)66-44-40-62(78-66)60-38-42-64(76-60)70-56(46-48-74-70)26-18-14-10-6-2/h21-24,29-50H,5-20,25-28H2,1-4H3. The van der Waals surface area contributed by atoms with Crippen molar-refractivity contribution in [3.63, 3.8) is 0 Å². The summed E-state index contributed by atoms with van der Waals surface area (Å²) in [4.78, 5) is 19.7. The summed E-state index contributed by atoms with van der Waals surface area (Å²) >= 11 is 15.6. The molecule has 10 aromatic rings. The maximum absolute atomic E-state index is 2.49. The summed E-state index contributed by atoms with van der Waals surface area (Å²) in [5, 5.41) is 4.57. The molecule has 0 N–H and O–H groups in total. The predicted octanol–water partition coefficient (Wildman–Crippen LogP) is 26.7. The summed E-state index contributed by atoms with van der Waals surface area (Å²) in [7, 11) is 0. The van der Waals surface area contributed by atoms with Crippen LogP contribution in [0.4, 0.5) is 0 Å². The minimum absolute atomic E-state index is 1.14. The first-order chi connectivity index (χ1) is 39.5. The number of aryl methyl sites for hydroxylation is 4. The van der Waals surface area contributed by atoms with Crippen LogP contribution in [0.15, 0.2) is 144 Å². The van der Waals surface area contributed by atoms with E-state index in [1.54, 1.807) is 0 Å². The van der Waals surface area contributed by atoms with Crippen molar-refractivity contribution in [2.45, 2.75) is 156 Å². The highest BCUT2D eigenvalue weighted by Crippen LogP contribution is 2.49. The minimum Gasteiger partial charge on any atom is -0.143 e. The highest BCUT2D eigenvalue weighted by atomic mass is 32.1. The molecule has 80 heavy (non-hydrogen) atoms. The third-order valence-electron chi connectivity index (χ3n) is 15.2. The van der Waals surface area contributed by atoms with E-state index in [1.165, 1.54) is 228 Å². The zero-order chi connectivity index (χ0) is 54.9. The molecular formula is C72H78S8. The van der Waals surface area contributed by atoms with Crippen molar-refractivity contribution in [1.29, 1.82) is 0 Å². The topological polar surface area (TPSA) is 0 Å². The molecule has 8 heteroatoms. The van der Waals surface area contributed by atoms with Gasteiger partial charge in [-0.2, -0.15) is 0 Å². The molecule has 0 saturated carbocycles. The largest absolute Gasteiger partial charge is 0.143 e. The van der Waals surface area contributed by atoms with E-state index >= 15 is 0 Å². The summed E-state index contributed by atoms with van der Waals surface area (Å²) < 4.78 is 0. The van der Waals surface area contributed by atoms with E-state index in [9.17, 15) is 0 Å². The Hall–Kier alpha value is -4.48. The number of benzene rings is 2. The lowest BCUT2D eigenvalue weighted by Crippen LogP contribution is -1.85. The molecule has 8 aromatic heterocycles. The number of hydrogen-bond acceptors (Lipinski definition) is 8. The lowest BCUT2D eigenvalue weighted by atomic mass is 10.0. The van der Waals surface area contributed by atoms with Crippen LogP contribution < -0.4 is 0 Å². The predicted molar refractivity (Wildman–Crippen MR) is 369 cm³/mol. The lowest BCUT2D eigenvalue weighted by molar-refractivity contribution is 0.668. The Morgan fingerprint density at radius 2 is 0.588 bits per heavy atom. The molecule has 0 aliphatic heterocycles. The van der Waals surface area contributed by atoms with Crippen LogP contribution >= 0.6 is 90.7 Å². The Balaban J connectivity index is 0.783. The van der Waals surface area contributed by atoms with Crippen LogP contribution in [0.1, 0.15) is 164 Å². The number of unbranched alkanes of at least 4 members (excludes halogenated alkanes) is 12. The maximum atomic E-state index is 2.49. The molecule has 8 heterocycles. The Bertz CT molecular complexity index is 3270. The van der Waals surface area contributed by atoms with E-state index < -0.39 is 0 Å². The summed E-state index contributed by atoms with van der Waals surface area (Å²) in [5.74, 6) is 0. The highest BCUT2D eigenvalue weighted by Gasteiger charge is 2.20. The fourth-order valence-corrected chi connectivity index (χ4v) is 19.8. The molecule has 0 radical (unpaired) electrons. The SMILES string of the molecule is CCCCCCc1ccsc1-c1ccc(-c2ccc(-c3sc(-c4ccc(C=CC=Cc5ccc(-c6cc(CCCCCC)c(-c7ccc(-c8ccc(-c9sccc9CCCCCC)s8)s7)s6)cc5)cc4)cc3CCCCCC)s2)s1. The van der Waals surface area contributed by atoms with E-state index in [-0.39, 0.29) is 0 Å². The van der Waals surface area contributed by atoms with Gasteiger partial charge >= 0.3 is 0 Å². The quantitative estimate of drug-likeness (QED) is 0.0300. The van der Waals surface area contributed by atoms with Gasteiger partial charge in [-0.15, -0.1) is 90.7 Å². The fraction of sp³-hybridized carbons (Fsp3) is 0.333. The van der Waals surface area contributed by atoms with Crippen molar-refractivity contribution < 1.29 is 0 Å².